The molecule has 26 heavy (non-hydrogen) atoms. The van der Waals surface area contributed by atoms with Gasteiger partial charge < -0.3 is 10.1 Å². The average Bonchev–Trinajstić information content (AvgIpc) is 3.00. The van der Waals surface area contributed by atoms with Gasteiger partial charge in [-0.25, -0.2) is 8.95 Å². The highest BCUT2D eigenvalue weighted by atomic mass is 32.1. The van der Waals surface area contributed by atoms with E-state index in [1.807, 2.05) is 49.4 Å². The van der Waals surface area contributed by atoms with Crippen molar-refractivity contribution in [3.05, 3.63) is 70.5 Å². The quantitative estimate of drug-likeness (QED) is 0.525. The normalized spacial score (nSPS) is 11.4. The molecule has 5 nitrogen and oxygen atoms in total. The Labute approximate surface area is 157 Å². The van der Waals surface area contributed by atoms with Crippen molar-refractivity contribution < 1.29 is 4.74 Å². The first-order valence-electron chi connectivity index (χ1n) is 8.42. The molecule has 0 saturated carbocycles. The first kappa shape index (κ1) is 17.9. The maximum atomic E-state index is 8.22. The van der Waals surface area contributed by atoms with E-state index in [1.54, 1.807) is 11.1 Å². The van der Waals surface area contributed by atoms with E-state index in [4.69, 9.17) is 15.1 Å². The lowest BCUT2D eigenvalue weighted by atomic mass is 10.2. The SMILES string of the molecule is CCc1ccc(N=C(Nc2cccc(OC)c2)n2sc(C)cc2=N)cc1. The first-order chi connectivity index (χ1) is 12.6. The van der Waals surface area contributed by atoms with E-state index in [2.05, 4.69) is 24.4 Å². The predicted molar refractivity (Wildman–Crippen MR) is 108 cm³/mol. The second kappa shape index (κ2) is 8.01. The molecule has 0 aliphatic heterocycles. The van der Waals surface area contributed by atoms with E-state index in [1.165, 1.54) is 17.1 Å². The Balaban J connectivity index is 2.02. The zero-order valence-corrected chi connectivity index (χ0v) is 15.9. The number of ether oxygens (including phenoxy) is 1. The van der Waals surface area contributed by atoms with E-state index in [9.17, 15) is 0 Å². The number of nitrogens with one attached hydrogen (secondary N) is 2. The van der Waals surface area contributed by atoms with Crippen LogP contribution in [0.1, 0.15) is 17.4 Å². The fourth-order valence-electron chi connectivity index (χ4n) is 2.51. The van der Waals surface area contributed by atoms with Crippen molar-refractivity contribution in [2.75, 3.05) is 12.4 Å². The van der Waals surface area contributed by atoms with Gasteiger partial charge in [0.15, 0.2) is 0 Å². The summed E-state index contributed by atoms with van der Waals surface area (Å²) < 4.78 is 7.07. The van der Waals surface area contributed by atoms with Crippen LogP contribution in [0.3, 0.4) is 0 Å². The molecule has 0 fully saturated rings. The van der Waals surface area contributed by atoms with Gasteiger partial charge in [-0.1, -0.05) is 36.7 Å². The minimum atomic E-state index is 0.395. The lowest BCUT2D eigenvalue weighted by Gasteiger charge is -2.11. The third kappa shape index (κ3) is 4.21. The van der Waals surface area contributed by atoms with Gasteiger partial charge in [0, 0.05) is 16.6 Å². The van der Waals surface area contributed by atoms with Crippen molar-refractivity contribution in [2.24, 2.45) is 4.99 Å². The summed E-state index contributed by atoms with van der Waals surface area (Å²) in [6.07, 6.45) is 0.995. The van der Waals surface area contributed by atoms with Crippen LogP contribution in [0.4, 0.5) is 11.4 Å². The van der Waals surface area contributed by atoms with Crippen LogP contribution >= 0.6 is 11.5 Å². The van der Waals surface area contributed by atoms with Gasteiger partial charge in [-0.15, -0.1) is 0 Å². The highest BCUT2D eigenvalue weighted by molar-refractivity contribution is 7.07. The number of aryl methyl sites for hydroxylation is 2. The van der Waals surface area contributed by atoms with Crippen LogP contribution in [-0.4, -0.2) is 17.0 Å². The largest absolute Gasteiger partial charge is 0.497 e. The van der Waals surface area contributed by atoms with E-state index in [0.29, 0.717) is 11.4 Å². The summed E-state index contributed by atoms with van der Waals surface area (Å²) in [4.78, 5) is 5.80. The van der Waals surface area contributed by atoms with Crippen LogP contribution in [0.25, 0.3) is 0 Å². The number of nitrogens with zero attached hydrogens (tertiary/aromatic N) is 2. The predicted octanol–water partition coefficient (Wildman–Crippen LogP) is 4.56. The summed E-state index contributed by atoms with van der Waals surface area (Å²) in [6.45, 7) is 4.11. The minimum absolute atomic E-state index is 0.395. The number of rotatable bonds is 4. The van der Waals surface area contributed by atoms with Gasteiger partial charge in [0.05, 0.1) is 12.8 Å². The number of hydrogen-bond donors (Lipinski definition) is 2. The molecule has 0 atom stereocenters. The molecule has 0 aliphatic rings. The third-order valence-corrected chi connectivity index (χ3v) is 4.85. The fraction of sp³-hybridized carbons (Fsp3) is 0.200. The monoisotopic (exact) mass is 366 g/mol. The summed E-state index contributed by atoms with van der Waals surface area (Å²) in [7, 11) is 1.64. The van der Waals surface area contributed by atoms with E-state index >= 15 is 0 Å². The van der Waals surface area contributed by atoms with Crippen molar-refractivity contribution in [2.45, 2.75) is 20.3 Å². The Bertz CT molecular complexity index is 970. The second-order valence-electron chi connectivity index (χ2n) is 5.84. The van der Waals surface area contributed by atoms with E-state index < -0.39 is 0 Å². The van der Waals surface area contributed by atoms with Gasteiger partial charge in [0.2, 0.25) is 5.96 Å². The lowest BCUT2D eigenvalue weighted by Crippen LogP contribution is -2.28. The zero-order chi connectivity index (χ0) is 18.5. The molecule has 134 valence electrons. The Kier molecular flexibility index (Phi) is 5.53. The Morgan fingerprint density at radius 2 is 1.96 bits per heavy atom. The van der Waals surface area contributed by atoms with Crippen molar-refractivity contribution in [1.29, 1.82) is 5.41 Å². The number of aromatic nitrogens is 1. The average molecular weight is 366 g/mol. The van der Waals surface area contributed by atoms with Crippen molar-refractivity contribution in [3.63, 3.8) is 0 Å². The van der Waals surface area contributed by atoms with Gasteiger partial charge in [0.1, 0.15) is 11.2 Å². The molecule has 0 spiro atoms. The smallest absolute Gasteiger partial charge is 0.223 e. The molecule has 3 aromatic rings. The molecule has 1 heterocycles. The number of methoxy groups -OCH3 is 1. The molecular formula is C20H22N4OS. The van der Waals surface area contributed by atoms with Crippen LogP contribution < -0.4 is 15.5 Å². The van der Waals surface area contributed by atoms with Crippen molar-refractivity contribution in [1.82, 2.24) is 3.96 Å². The van der Waals surface area contributed by atoms with Gasteiger partial charge in [-0.05, 0) is 49.2 Å². The molecule has 1 aromatic heterocycles. The van der Waals surface area contributed by atoms with Crippen molar-refractivity contribution in [3.8, 4) is 5.75 Å². The van der Waals surface area contributed by atoms with Gasteiger partial charge in [0.25, 0.3) is 0 Å². The maximum Gasteiger partial charge on any atom is 0.223 e. The summed E-state index contributed by atoms with van der Waals surface area (Å²) in [5.41, 5.74) is 3.36. The number of hydrogen-bond acceptors (Lipinski definition) is 4. The Morgan fingerprint density at radius 3 is 2.58 bits per heavy atom. The Hall–Kier alpha value is -2.86. The van der Waals surface area contributed by atoms with E-state index in [-0.39, 0.29) is 0 Å². The van der Waals surface area contributed by atoms with Crippen LogP contribution in [-0.2, 0) is 6.42 Å². The molecular weight excluding hydrogens is 344 g/mol. The van der Waals surface area contributed by atoms with Gasteiger partial charge >= 0.3 is 0 Å². The lowest BCUT2D eigenvalue weighted by molar-refractivity contribution is 0.415. The molecule has 2 N–H and O–H groups in total. The highest BCUT2D eigenvalue weighted by Gasteiger charge is 2.09. The van der Waals surface area contributed by atoms with Crippen LogP contribution in [0.2, 0.25) is 0 Å². The standard InChI is InChI=1S/C20H22N4OS/c1-4-15-8-10-16(11-9-15)22-20(24-19(21)12-14(2)26-24)23-17-6-5-7-18(13-17)25-3/h5-13,21H,4H2,1-3H3,(H,22,23). The van der Waals surface area contributed by atoms with Crippen LogP contribution in [0, 0.1) is 12.3 Å². The second-order valence-corrected chi connectivity index (χ2v) is 7.03. The number of aliphatic imine (C=N–C) groups is 1. The Morgan fingerprint density at radius 1 is 1.19 bits per heavy atom. The number of anilines is 1. The number of benzene rings is 2. The molecule has 0 radical (unpaired) electrons. The van der Waals surface area contributed by atoms with Crippen LogP contribution in [0.5, 0.6) is 5.75 Å². The third-order valence-electron chi connectivity index (χ3n) is 3.89. The zero-order valence-electron chi connectivity index (χ0n) is 15.1. The molecule has 0 aliphatic carbocycles. The minimum Gasteiger partial charge on any atom is -0.497 e. The highest BCUT2D eigenvalue weighted by Crippen LogP contribution is 2.19. The summed E-state index contributed by atoms with van der Waals surface area (Å²) in [6, 6.07) is 17.6. The fourth-order valence-corrected chi connectivity index (χ4v) is 3.29. The summed E-state index contributed by atoms with van der Waals surface area (Å²) in [5.74, 6) is 1.35. The molecule has 0 saturated heterocycles. The summed E-state index contributed by atoms with van der Waals surface area (Å²) >= 11 is 1.48. The van der Waals surface area contributed by atoms with Gasteiger partial charge in [-0.3, -0.25) is 5.41 Å². The van der Waals surface area contributed by atoms with E-state index in [0.717, 1.165) is 28.4 Å². The molecule has 0 unspecified atom stereocenters. The molecule has 6 heteroatoms. The molecule has 0 bridgehead atoms. The topological polar surface area (TPSA) is 62.4 Å². The molecule has 2 aromatic carbocycles. The summed E-state index contributed by atoms with van der Waals surface area (Å²) in [5, 5.41) is 11.5. The molecule has 3 rings (SSSR count). The molecule has 0 amide bonds. The van der Waals surface area contributed by atoms with Crippen LogP contribution in [0.15, 0.2) is 59.6 Å². The maximum absolute atomic E-state index is 8.22. The van der Waals surface area contributed by atoms with Gasteiger partial charge in [-0.2, -0.15) is 0 Å². The van der Waals surface area contributed by atoms with Crippen molar-refractivity contribution >= 4 is 28.9 Å². The first-order valence-corrected chi connectivity index (χ1v) is 9.20.